The summed E-state index contributed by atoms with van der Waals surface area (Å²) < 4.78 is 22.9. The molecule has 0 bridgehead atoms. The fourth-order valence-electron chi connectivity index (χ4n) is 5.47. The van der Waals surface area contributed by atoms with Gasteiger partial charge in [0.1, 0.15) is 23.9 Å². The molecule has 0 aromatic rings. The molecule has 2 saturated heterocycles. The lowest BCUT2D eigenvalue weighted by atomic mass is 9.77. The highest BCUT2D eigenvalue weighted by Gasteiger charge is 2.71. The first-order valence-corrected chi connectivity index (χ1v) is 14.5. The maximum atomic E-state index is 10.8. The summed E-state index contributed by atoms with van der Waals surface area (Å²) in [5, 5.41) is 41.6. The lowest BCUT2D eigenvalue weighted by Gasteiger charge is -2.49. The van der Waals surface area contributed by atoms with Crippen molar-refractivity contribution >= 4 is 0 Å². The Balaban J connectivity index is 1.89. The monoisotopic (exact) mass is 518 g/mol. The van der Waals surface area contributed by atoms with Crippen molar-refractivity contribution in [2.75, 3.05) is 33.5 Å². The van der Waals surface area contributed by atoms with Crippen LogP contribution in [0, 0.1) is 5.92 Å². The number of hydrogen-bond donors (Lipinski definition) is 4. The van der Waals surface area contributed by atoms with Crippen molar-refractivity contribution in [2.24, 2.45) is 5.92 Å². The van der Waals surface area contributed by atoms with Crippen LogP contribution in [0.2, 0.25) is 0 Å². The Kier molecular flexibility index (Phi) is 14.7. The normalized spacial score (nSPS) is 33.1. The van der Waals surface area contributed by atoms with Gasteiger partial charge in [0.25, 0.3) is 0 Å². The van der Waals surface area contributed by atoms with E-state index in [0.29, 0.717) is 12.5 Å². The quantitative estimate of drug-likeness (QED) is 0.134. The third-order valence-corrected chi connectivity index (χ3v) is 8.11. The summed E-state index contributed by atoms with van der Waals surface area (Å²) in [5.41, 5.74) is -2.73. The minimum atomic E-state index is -1.64. The van der Waals surface area contributed by atoms with Crippen molar-refractivity contribution in [1.82, 2.24) is 0 Å². The summed E-state index contributed by atoms with van der Waals surface area (Å²) in [6.45, 7) is 4.82. The summed E-state index contributed by atoms with van der Waals surface area (Å²) in [4.78, 5) is 0. The Hall–Kier alpha value is -0.320. The van der Waals surface area contributed by atoms with Gasteiger partial charge >= 0.3 is 0 Å². The molecule has 7 atom stereocenters. The van der Waals surface area contributed by atoms with E-state index in [1.807, 2.05) is 0 Å². The third kappa shape index (κ3) is 8.60. The minimum absolute atomic E-state index is 0.132. The topological polar surface area (TPSA) is 121 Å². The first kappa shape index (κ1) is 31.9. The second kappa shape index (κ2) is 16.6. The van der Waals surface area contributed by atoms with Crippen LogP contribution in [0.1, 0.15) is 104 Å². The number of methoxy groups -OCH3 is 1. The fraction of sp³-hybridized carbons (Fsp3) is 1.00. The van der Waals surface area contributed by atoms with E-state index in [0.717, 1.165) is 12.8 Å². The van der Waals surface area contributed by atoms with Crippen LogP contribution in [0.5, 0.6) is 0 Å². The van der Waals surface area contributed by atoms with E-state index >= 15 is 0 Å². The smallest absolute Gasteiger partial charge is 0.186 e. The number of epoxide rings is 1. The van der Waals surface area contributed by atoms with Gasteiger partial charge in [-0.05, 0) is 18.8 Å². The van der Waals surface area contributed by atoms with Crippen LogP contribution < -0.4 is 0 Å². The van der Waals surface area contributed by atoms with Gasteiger partial charge in [0.2, 0.25) is 0 Å². The Morgan fingerprint density at radius 3 is 1.83 bits per heavy atom. The van der Waals surface area contributed by atoms with E-state index in [1.54, 1.807) is 0 Å². The molecule has 2 aliphatic heterocycles. The van der Waals surface area contributed by atoms with Gasteiger partial charge < -0.3 is 39.4 Å². The van der Waals surface area contributed by atoms with Gasteiger partial charge in [0, 0.05) is 13.7 Å². The first-order valence-electron chi connectivity index (χ1n) is 14.5. The van der Waals surface area contributed by atoms with Crippen LogP contribution in [0.4, 0.5) is 0 Å². The van der Waals surface area contributed by atoms with Gasteiger partial charge in [0.05, 0.1) is 19.8 Å². The predicted molar refractivity (Wildman–Crippen MR) is 139 cm³/mol. The molecular formula is C28H54O8. The van der Waals surface area contributed by atoms with Crippen molar-refractivity contribution < 1.29 is 39.4 Å². The molecule has 4 N–H and O–H groups in total. The Bertz CT molecular complexity index is 570. The van der Waals surface area contributed by atoms with Gasteiger partial charge in [-0.15, -0.1) is 0 Å². The fourth-order valence-corrected chi connectivity index (χ4v) is 5.47. The highest BCUT2D eigenvalue weighted by Crippen LogP contribution is 2.47. The minimum Gasteiger partial charge on any atom is -0.393 e. The molecule has 2 heterocycles. The van der Waals surface area contributed by atoms with Crippen molar-refractivity contribution in [1.29, 1.82) is 0 Å². The zero-order valence-electron chi connectivity index (χ0n) is 23.0. The molecule has 0 aromatic carbocycles. The van der Waals surface area contributed by atoms with Crippen LogP contribution >= 0.6 is 0 Å². The van der Waals surface area contributed by atoms with E-state index in [1.165, 1.54) is 84.2 Å². The second-order valence-electron chi connectivity index (χ2n) is 11.0. The number of unbranched alkanes of at least 4 members (excludes halogenated alkanes) is 10. The Morgan fingerprint density at radius 2 is 1.36 bits per heavy atom. The average molecular weight is 519 g/mol. The van der Waals surface area contributed by atoms with Gasteiger partial charge in [-0.2, -0.15) is 0 Å². The van der Waals surface area contributed by atoms with Crippen molar-refractivity contribution in [3.8, 4) is 0 Å². The van der Waals surface area contributed by atoms with Gasteiger partial charge in [0.15, 0.2) is 11.9 Å². The molecule has 0 radical (unpaired) electrons. The van der Waals surface area contributed by atoms with Crippen molar-refractivity contribution in [3.05, 3.63) is 0 Å². The first-order chi connectivity index (χ1) is 17.4. The van der Waals surface area contributed by atoms with E-state index in [2.05, 4.69) is 13.8 Å². The molecule has 214 valence electrons. The number of aliphatic hydroxyl groups is 4. The zero-order chi connectivity index (χ0) is 26.4. The number of ether oxygens (including phenoxy) is 4. The molecule has 2 fully saturated rings. The highest BCUT2D eigenvalue weighted by atomic mass is 16.7. The van der Waals surface area contributed by atoms with Gasteiger partial charge in [-0.25, -0.2) is 0 Å². The standard InChI is InChI=1S/C28H54O8/c1-4-6-8-10-11-13-15-17-22(16-14-12-9-7-5-2)18-34-20-27(21-35-27)28(19-29)25(32)23(30)24(31)26(33-3)36-28/h22-26,29-32H,4-21H2,1-3H3/t22?,23-,24-,25+,26-,27?,28?/m0/s1. The molecule has 8 heteroatoms. The number of aliphatic hydroxyl groups excluding tert-OH is 4. The molecule has 0 spiro atoms. The number of rotatable bonds is 21. The van der Waals surface area contributed by atoms with Gasteiger partial charge in [-0.3, -0.25) is 0 Å². The molecule has 3 unspecified atom stereocenters. The molecule has 2 aliphatic rings. The summed E-state index contributed by atoms with van der Waals surface area (Å²) in [6.07, 6.45) is 11.8. The van der Waals surface area contributed by atoms with Crippen LogP contribution in [-0.4, -0.2) is 89.8 Å². The van der Waals surface area contributed by atoms with Crippen LogP contribution in [0.3, 0.4) is 0 Å². The van der Waals surface area contributed by atoms with Crippen LogP contribution in [0.25, 0.3) is 0 Å². The SMILES string of the molecule is CCCCCCCCCC(CCCCCCC)COCC1(C2(CO)O[C@H](OC)[C@@H](O)[C@H](O)[C@H]2O)CO1. The molecule has 0 aromatic heterocycles. The maximum absolute atomic E-state index is 10.8. The van der Waals surface area contributed by atoms with E-state index in [9.17, 15) is 20.4 Å². The lowest BCUT2D eigenvalue weighted by Crippen LogP contribution is -2.72. The molecule has 2 rings (SSSR count). The van der Waals surface area contributed by atoms with E-state index < -0.39 is 42.4 Å². The summed E-state index contributed by atoms with van der Waals surface area (Å²) in [7, 11) is 1.34. The zero-order valence-corrected chi connectivity index (χ0v) is 23.0. The molecule has 36 heavy (non-hydrogen) atoms. The van der Waals surface area contributed by atoms with Gasteiger partial charge in [-0.1, -0.05) is 90.9 Å². The molecule has 8 nitrogen and oxygen atoms in total. The molecule has 0 amide bonds. The molecular weight excluding hydrogens is 464 g/mol. The molecule has 0 saturated carbocycles. The Morgan fingerprint density at radius 1 is 0.833 bits per heavy atom. The predicted octanol–water partition coefficient (Wildman–Crippen LogP) is 3.71. The third-order valence-electron chi connectivity index (χ3n) is 8.11. The summed E-state index contributed by atoms with van der Waals surface area (Å²) in [6, 6.07) is 0. The molecule has 0 aliphatic carbocycles. The highest BCUT2D eigenvalue weighted by molar-refractivity contribution is 5.17. The second-order valence-corrected chi connectivity index (χ2v) is 11.0. The lowest BCUT2D eigenvalue weighted by molar-refractivity contribution is -0.349. The van der Waals surface area contributed by atoms with Crippen LogP contribution in [0.15, 0.2) is 0 Å². The number of hydrogen-bond acceptors (Lipinski definition) is 8. The van der Waals surface area contributed by atoms with Crippen molar-refractivity contribution in [2.45, 2.75) is 140 Å². The summed E-state index contributed by atoms with van der Waals surface area (Å²) in [5.74, 6) is 0.458. The Labute approximate surface area is 218 Å². The van der Waals surface area contributed by atoms with E-state index in [4.69, 9.17) is 18.9 Å². The van der Waals surface area contributed by atoms with E-state index in [-0.39, 0.29) is 13.2 Å². The maximum Gasteiger partial charge on any atom is 0.186 e. The van der Waals surface area contributed by atoms with Crippen molar-refractivity contribution in [3.63, 3.8) is 0 Å². The largest absolute Gasteiger partial charge is 0.393 e. The average Bonchev–Trinajstić information content (AvgIpc) is 3.68. The summed E-state index contributed by atoms with van der Waals surface area (Å²) >= 11 is 0. The van der Waals surface area contributed by atoms with Crippen LogP contribution in [-0.2, 0) is 18.9 Å².